The number of amides is 2. The minimum absolute atomic E-state index is 0.0252. The Labute approximate surface area is 143 Å². The lowest BCUT2D eigenvalue weighted by atomic mass is 10.1. The van der Waals surface area contributed by atoms with Gasteiger partial charge in [-0.05, 0) is 39.2 Å². The van der Waals surface area contributed by atoms with Gasteiger partial charge in [-0.3, -0.25) is 14.3 Å². The van der Waals surface area contributed by atoms with Crippen molar-refractivity contribution in [3.05, 3.63) is 17.5 Å². The normalized spacial score (nSPS) is 21.7. The van der Waals surface area contributed by atoms with Gasteiger partial charge in [0.05, 0.1) is 11.6 Å². The SMILES string of the molecule is Cc1cc(C)n(CCCNC(=O)[C@@H]2CC(=O)N(C3CCCC3)C2)n1. The summed E-state index contributed by atoms with van der Waals surface area (Å²) in [6.45, 7) is 6.06. The topological polar surface area (TPSA) is 67.2 Å². The molecule has 2 fully saturated rings. The molecule has 24 heavy (non-hydrogen) atoms. The summed E-state index contributed by atoms with van der Waals surface area (Å²) in [5.74, 6) is 0.00805. The van der Waals surface area contributed by atoms with E-state index in [0.29, 0.717) is 25.6 Å². The highest BCUT2D eigenvalue weighted by Gasteiger charge is 2.38. The molecule has 0 aromatic carbocycles. The fourth-order valence-electron chi connectivity index (χ4n) is 3.96. The summed E-state index contributed by atoms with van der Waals surface area (Å²) < 4.78 is 1.97. The lowest BCUT2D eigenvalue weighted by Crippen LogP contribution is -2.37. The molecule has 0 radical (unpaired) electrons. The summed E-state index contributed by atoms with van der Waals surface area (Å²) in [5.41, 5.74) is 2.17. The second-order valence-electron chi connectivity index (χ2n) is 7.18. The van der Waals surface area contributed by atoms with Crippen molar-refractivity contribution in [2.75, 3.05) is 13.1 Å². The maximum atomic E-state index is 12.3. The van der Waals surface area contributed by atoms with Gasteiger partial charge in [0.1, 0.15) is 0 Å². The lowest BCUT2D eigenvalue weighted by molar-refractivity contribution is -0.130. The smallest absolute Gasteiger partial charge is 0.225 e. The van der Waals surface area contributed by atoms with E-state index in [4.69, 9.17) is 0 Å². The molecule has 2 heterocycles. The quantitative estimate of drug-likeness (QED) is 0.808. The predicted octanol–water partition coefficient (Wildman–Crippen LogP) is 1.80. The predicted molar refractivity (Wildman–Crippen MR) is 91.4 cm³/mol. The second-order valence-corrected chi connectivity index (χ2v) is 7.18. The highest BCUT2D eigenvalue weighted by molar-refractivity contribution is 5.89. The first kappa shape index (κ1) is 17.0. The molecule has 0 bridgehead atoms. The van der Waals surface area contributed by atoms with Crippen LogP contribution in [0.3, 0.4) is 0 Å². The van der Waals surface area contributed by atoms with Gasteiger partial charge >= 0.3 is 0 Å². The molecule has 6 nitrogen and oxygen atoms in total. The molecular weight excluding hydrogens is 304 g/mol. The van der Waals surface area contributed by atoms with Gasteiger partial charge in [-0.2, -0.15) is 5.10 Å². The van der Waals surface area contributed by atoms with Crippen molar-refractivity contribution in [2.24, 2.45) is 5.92 Å². The Morgan fingerprint density at radius 1 is 1.33 bits per heavy atom. The maximum Gasteiger partial charge on any atom is 0.225 e. The number of hydrogen-bond donors (Lipinski definition) is 1. The summed E-state index contributed by atoms with van der Waals surface area (Å²) in [5, 5.41) is 7.41. The number of carbonyl (C=O) groups is 2. The van der Waals surface area contributed by atoms with Gasteiger partial charge in [-0.25, -0.2) is 0 Å². The fourth-order valence-corrected chi connectivity index (χ4v) is 3.96. The van der Waals surface area contributed by atoms with E-state index < -0.39 is 0 Å². The number of hydrogen-bond acceptors (Lipinski definition) is 3. The molecule has 1 saturated carbocycles. The Hall–Kier alpha value is -1.85. The molecule has 2 amide bonds. The zero-order chi connectivity index (χ0) is 17.1. The molecule has 132 valence electrons. The van der Waals surface area contributed by atoms with E-state index in [9.17, 15) is 9.59 Å². The zero-order valence-corrected chi connectivity index (χ0v) is 14.8. The van der Waals surface area contributed by atoms with Crippen LogP contribution in [0.2, 0.25) is 0 Å². The molecule has 1 atom stereocenters. The standard InChI is InChI=1S/C18H28N4O2/c1-13-10-14(2)22(20-13)9-5-8-19-18(24)15-11-17(23)21(12-15)16-6-3-4-7-16/h10,15-16H,3-9,11-12H2,1-2H3,(H,19,24)/t15-/m1/s1. The van der Waals surface area contributed by atoms with E-state index in [1.165, 1.54) is 12.8 Å². The molecular formula is C18H28N4O2. The van der Waals surface area contributed by atoms with Crippen molar-refractivity contribution >= 4 is 11.8 Å². The number of aryl methyl sites for hydroxylation is 3. The lowest BCUT2D eigenvalue weighted by Gasteiger charge is -2.23. The Kier molecular flexibility index (Phi) is 5.21. The second kappa shape index (κ2) is 7.36. The van der Waals surface area contributed by atoms with Gasteiger partial charge in [0, 0.05) is 37.8 Å². The molecule has 1 aromatic rings. The highest BCUT2D eigenvalue weighted by Crippen LogP contribution is 2.29. The van der Waals surface area contributed by atoms with Crippen LogP contribution in [0, 0.1) is 19.8 Å². The monoisotopic (exact) mass is 332 g/mol. The van der Waals surface area contributed by atoms with Crippen LogP contribution >= 0.6 is 0 Å². The van der Waals surface area contributed by atoms with Crippen molar-refractivity contribution in [1.82, 2.24) is 20.0 Å². The van der Waals surface area contributed by atoms with Crippen LogP contribution in [0.1, 0.15) is 49.9 Å². The van der Waals surface area contributed by atoms with Crippen molar-refractivity contribution in [2.45, 2.75) is 65.0 Å². The molecule has 3 rings (SSSR count). The van der Waals surface area contributed by atoms with Crippen molar-refractivity contribution in [1.29, 1.82) is 0 Å². The minimum Gasteiger partial charge on any atom is -0.356 e. The molecule has 6 heteroatoms. The van der Waals surface area contributed by atoms with Gasteiger partial charge < -0.3 is 10.2 Å². The number of likely N-dealkylation sites (tertiary alicyclic amines) is 1. The van der Waals surface area contributed by atoms with E-state index in [1.807, 2.05) is 23.4 Å². The van der Waals surface area contributed by atoms with Gasteiger partial charge in [0.15, 0.2) is 0 Å². The van der Waals surface area contributed by atoms with Crippen LogP contribution in [-0.2, 0) is 16.1 Å². The van der Waals surface area contributed by atoms with Crippen LogP contribution in [0.5, 0.6) is 0 Å². The highest BCUT2D eigenvalue weighted by atomic mass is 16.2. The third-order valence-electron chi connectivity index (χ3n) is 5.24. The van der Waals surface area contributed by atoms with Gasteiger partial charge in [0.2, 0.25) is 11.8 Å². The van der Waals surface area contributed by atoms with E-state index in [-0.39, 0.29) is 17.7 Å². The number of aromatic nitrogens is 2. The third-order valence-corrected chi connectivity index (χ3v) is 5.24. The molecule has 0 unspecified atom stereocenters. The van der Waals surface area contributed by atoms with Gasteiger partial charge in [-0.15, -0.1) is 0 Å². The number of nitrogens with zero attached hydrogens (tertiary/aromatic N) is 3. The number of rotatable bonds is 6. The van der Waals surface area contributed by atoms with Crippen molar-refractivity contribution in [3.8, 4) is 0 Å². The zero-order valence-electron chi connectivity index (χ0n) is 14.8. The molecule has 1 N–H and O–H groups in total. The summed E-state index contributed by atoms with van der Waals surface area (Å²) >= 11 is 0. The van der Waals surface area contributed by atoms with Gasteiger partial charge in [0.25, 0.3) is 0 Å². The number of carbonyl (C=O) groups excluding carboxylic acids is 2. The minimum atomic E-state index is -0.174. The average Bonchev–Trinajstić information content (AvgIpc) is 3.24. The van der Waals surface area contributed by atoms with E-state index in [1.54, 1.807) is 0 Å². The Bertz CT molecular complexity index is 604. The van der Waals surface area contributed by atoms with Crippen LogP contribution in [0.4, 0.5) is 0 Å². The fraction of sp³-hybridized carbons (Fsp3) is 0.722. The molecule has 1 aliphatic carbocycles. The molecule has 2 aliphatic rings. The third kappa shape index (κ3) is 3.79. The summed E-state index contributed by atoms with van der Waals surface area (Å²) in [4.78, 5) is 26.4. The van der Waals surface area contributed by atoms with E-state index >= 15 is 0 Å². The van der Waals surface area contributed by atoms with Crippen molar-refractivity contribution in [3.63, 3.8) is 0 Å². The Morgan fingerprint density at radius 2 is 2.08 bits per heavy atom. The van der Waals surface area contributed by atoms with Gasteiger partial charge in [-0.1, -0.05) is 12.8 Å². The Morgan fingerprint density at radius 3 is 2.75 bits per heavy atom. The largest absolute Gasteiger partial charge is 0.356 e. The summed E-state index contributed by atoms with van der Waals surface area (Å²) in [6, 6.07) is 2.43. The number of nitrogens with one attached hydrogen (secondary N) is 1. The summed E-state index contributed by atoms with van der Waals surface area (Å²) in [6.07, 6.45) is 5.83. The first-order chi connectivity index (χ1) is 11.5. The molecule has 1 saturated heterocycles. The first-order valence-corrected chi connectivity index (χ1v) is 9.13. The van der Waals surface area contributed by atoms with Crippen LogP contribution in [-0.4, -0.2) is 45.6 Å². The van der Waals surface area contributed by atoms with Crippen LogP contribution in [0.15, 0.2) is 6.07 Å². The summed E-state index contributed by atoms with van der Waals surface area (Å²) in [7, 11) is 0. The average molecular weight is 332 g/mol. The Balaban J connectivity index is 1.41. The van der Waals surface area contributed by atoms with E-state index in [0.717, 1.165) is 37.2 Å². The molecule has 1 aliphatic heterocycles. The molecule has 0 spiro atoms. The van der Waals surface area contributed by atoms with Crippen LogP contribution in [0.25, 0.3) is 0 Å². The maximum absolute atomic E-state index is 12.3. The van der Waals surface area contributed by atoms with Crippen LogP contribution < -0.4 is 5.32 Å². The molecule has 1 aromatic heterocycles. The first-order valence-electron chi connectivity index (χ1n) is 9.13. The van der Waals surface area contributed by atoms with Crippen molar-refractivity contribution < 1.29 is 9.59 Å². The van der Waals surface area contributed by atoms with E-state index in [2.05, 4.69) is 16.5 Å².